The van der Waals surface area contributed by atoms with Crippen LogP contribution in [0.3, 0.4) is 0 Å². The molecule has 32 heavy (non-hydrogen) atoms. The molecule has 4 rings (SSSR count). The van der Waals surface area contributed by atoms with Gasteiger partial charge in [-0.25, -0.2) is 9.97 Å². The van der Waals surface area contributed by atoms with Crippen molar-refractivity contribution in [2.75, 3.05) is 6.54 Å². The number of para-hydroxylation sites is 2. The van der Waals surface area contributed by atoms with Gasteiger partial charge in [-0.1, -0.05) is 42.5 Å². The molecular weight excluding hydrogens is 404 g/mol. The van der Waals surface area contributed by atoms with E-state index in [1.54, 1.807) is 0 Å². The van der Waals surface area contributed by atoms with Crippen LogP contribution in [0.15, 0.2) is 73.2 Å². The van der Waals surface area contributed by atoms with Crippen LogP contribution in [0, 0.1) is 0 Å². The first-order chi connectivity index (χ1) is 15.7. The molecule has 2 aromatic carbocycles. The number of hydrogen-bond donors (Lipinski definition) is 3. The van der Waals surface area contributed by atoms with E-state index in [4.69, 9.17) is 0 Å². The quantitative estimate of drug-likeness (QED) is 0.355. The number of benzene rings is 2. The van der Waals surface area contributed by atoms with Crippen LogP contribution in [-0.2, 0) is 11.2 Å². The van der Waals surface area contributed by atoms with Crippen molar-refractivity contribution >= 4 is 22.8 Å². The molecule has 0 aliphatic carbocycles. The molecular formula is C24H24N6O2. The van der Waals surface area contributed by atoms with Gasteiger partial charge >= 0.3 is 0 Å². The maximum absolute atomic E-state index is 12.7. The summed E-state index contributed by atoms with van der Waals surface area (Å²) in [5.74, 6) is 0.322. The maximum atomic E-state index is 12.7. The van der Waals surface area contributed by atoms with Crippen molar-refractivity contribution in [3.8, 4) is 0 Å². The summed E-state index contributed by atoms with van der Waals surface area (Å²) < 4.78 is 0. The summed E-state index contributed by atoms with van der Waals surface area (Å²) in [6.07, 6.45) is 5.80. The lowest BCUT2D eigenvalue weighted by atomic mass is 10.1. The fourth-order valence-electron chi connectivity index (χ4n) is 3.43. The number of fused-ring (bicyclic) bond motifs is 1. The van der Waals surface area contributed by atoms with E-state index in [1.807, 2.05) is 54.6 Å². The second kappa shape index (κ2) is 10.3. The SMILES string of the molecule is O=C(CCCNC(=O)c1cnccn1)N[C@H](Cc1ccccc1)c1nc2ccccc2[nH]1. The summed E-state index contributed by atoms with van der Waals surface area (Å²) in [5.41, 5.74) is 3.15. The Balaban J connectivity index is 1.36. The van der Waals surface area contributed by atoms with Gasteiger partial charge in [0, 0.05) is 25.4 Å². The van der Waals surface area contributed by atoms with E-state index in [0.29, 0.717) is 19.4 Å². The van der Waals surface area contributed by atoms with E-state index < -0.39 is 0 Å². The number of nitrogens with one attached hydrogen (secondary N) is 3. The number of amides is 2. The molecule has 0 spiro atoms. The zero-order valence-corrected chi connectivity index (χ0v) is 17.5. The lowest BCUT2D eigenvalue weighted by molar-refractivity contribution is -0.122. The minimum atomic E-state index is -0.303. The predicted molar refractivity (Wildman–Crippen MR) is 121 cm³/mol. The first-order valence-corrected chi connectivity index (χ1v) is 10.5. The van der Waals surface area contributed by atoms with Gasteiger partial charge in [-0.3, -0.25) is 14.6 Å². The molecule has 0 unspecified atom stereocenters. The number of H-pyrrole nitrogens is 1. The summed E-state index contributed by atoms with van der Waals surface area (Å²) in [6, 6.07) is 17.5. The van der Waals surface area contributed by atoms with Crippen molar-refractivity contribution in [3.05, 3.63) is 90.3 Å². The maximum Gasteiger partial charge on any atom is 0.271 e. The van der Waals surface area contributed by atoms with Gasteiger partial charge in [0.25, 0.3) is 5.91 Å². The van der Waals surface area contributed by atoms with Gasteiger partial charge in [0.1, 0.15) is 11.5 Å². The Kier molecular flexibility index (Phi) is 6.81. The number of nitrogens with zero attached hydrogens (tertiary/aromatic N) is 3. The molecule has 2 heterocycles. The second-order valence-corrected chi connectivity index (χ2v) is 7.40. The summed E-state index contributed by atoms with van der Waals surface area (Å²) in [7, 11) is 0. The Labute approximate surface area is 185 Å². The molecule has 1 atom stereocenters. The predicted octanol–water partition coefficient (Wildman–Crippen LogP) is 2.96. The van der Waals surface area contributed by atoms with Crippen molar-refractivity contribution in [3.63, 3.8) is 0 Å². The van der Waals surface area contributed by atoms with Gasteiger partial charge in [0.15, 0.2) is 0 Å². The van der Waals surface area contributed by atoms with E-state index in [1.165, 1.54) is 18.6 Å². The van der Waals surface area contributed by atoms with E-state index in [0.717, 1.165) is 22.4 Å². The van der Waals surface area contributed by atoms with Gasteiger partial charge in [0.05, 0.1) is 23.3 Å². The molecule has 0 radical (unpaired) electrons. The van der Waals surface area contributed by atoms with Crippen molar-refractivity contribution in [2.24, 2.45) is 0 Å². The molecule has 8 nitrogen and oxygen atoms in total. The van der Waals surface area contributed by atoms with Crippen LogP contribution in [0.4, 0.5) is 0 Å². The Morgan fingerprint density at radius 3 is 2.59 bits per heavy atom. The van der Waals surface area contributed by atoms with E-state index >= 15 is 0 Å². The number of imidazole rings is 1. The molecule has 4 aromatic rings. The third-order valence-corrected chi connectivity index (χ3v) is 5.02. The monoisotopic (exact) mass is 428 g/mol. The molecule has 0 bridgehead atoms. The third-order valence-electron chi connectivity index (χ3n) is 5.02. The minimum Gasteiger partial charge on any atom is -0.351 e. The molecule has 162 valence electrons. The lowest BCUT2D eigenvalue weighted by Crippen LogP contribution is -2.32. The normalized spacial score (nSPS) is 11.8. The number of aromatic nitrogens is 4. The average Bonchev–Trinajstić information content (AvgIpc) is 3.27. The first-order valence-electron chi connectivity index (χ1n) is 10.5. The van der Waals surface area contributed by atoms with Crippen LogP contribution in [0.1, 0.15) is 40.8 Å². The topological polar surface area (TPSA) is 113 Å². The van der Waals surface area contributed by atoms with Crippen molar-refractivity contribution < 1.29 is 9.59 Å². The average molecular weight is 428 g/mol. The number of carbonyl (C=O) groups excluding carboxylic acids is 2. The highest BCUT2D eigenvalue weighted by molar-refractivity contribution is 5.91. The molecule has 2 aromatic heterocycles. The van der Waals surface area contributed by atoms with E-state index in [9.17, 15) is 9.59 Å². The highest BCUT2D eigenvalue weighted by atomic mass is 16.2. The second-order valence-electron chi connectivity index (χ2n) is 7.40. The van der Waals surface area contributed by atoms with Crippen LogP contribution < -0.4 is 10.6 Å². The lowest BCUT2D eigenvalue weighted by Gasteiger charge is -2.17. The Bertz CT molecular complexity index is 1140. The van der Waals surface area contributed by atoms with Crippen LogP contribution in [0.2, 0.25) is 0 Å². The smallest absolute Gasteiger partial charge is 0.271 e. The van der Waals surface area contributed by atoms with E-state index in [-0.39, 0.29) is 30.0 Å². The fraction of sp³-hybridized carbons (Fsp3) is 0.208. The van der Waals surface area contributed by atoms with Crippen molar-refractivity contribution in [2.45, 2.75) is 25.3 Å². The van der Waals surface area contributed by atoms with Crippen molar-refractivity contribution in [1.82, 2.24) is 30.6 Å². The number of hydrogen-bond acceptors (Lipinski definition) is 5. The number of aromatic amines is 1. The Hall–Kier alpha value is -4.07. The van der Waals surface area contributed by atoms with Gasteiger partial charge in [-0.15, -0.1) is 0 Å². The van der Waals surface area contributed by atoms with Gasteiger partial charge in [-0.05, 0) is 30.5 Å². The summed E-state index contributed by atoms with van der Waals surface area (Å²) in [6.45, 7) is 0.372. The van der Waals surface area contributed by atoms with Crippen LogP contribution in [-0.4, -0.2) is 38.3 Å². The molecule has 3 N–H and O–H groups in total. The molecule has 8 heteroatoms. The van der Waals surface area contributed by atoms with Crippen molar-refractivity contribution in [1.29, 1.82) is 0 Å². The molecule has 0 aliphatic heterocycles. The zero-order chi connectivity index (χ0) is 22.2. The van der Waals surface area contributed by atoms with Crippen LogP contribution in [0.25, 0.3) is 11.0 Å². The summed E-state index contributed by atoms with van der Waals surface area (Å²) in [5, 5.41) is 5.85. The van der Waals surface area contributed by atoms with Crippen LogP contribution in [0.5, 0.6) is 0 Å². The standard InChI is InChI=1S/C24H24N6O2/c31-22(11-6-12-27-24(32)21-16-25-13-14-26-21)28-20(15-17-7-2-1-3-8-17)23-29-18-9-4-5-10-19(18)30-23/h1-5,7-10,13-14,16,20H,6,11-12,15H2,(H,27,32)(H,28,31)(H,29,30)/t20-/m1/s1. The van der Waals surface area contributed by atoms with Gasteiger partial charge in [0.2, 0.25) is 5.91 Å². The number of carbonyl (C=O) groups is 2. The zero-order valence-electron chi connectivity index (χ0n) is 17.5. The Morgan fingerprint density at radius 2 is 1.81 bits per heavy atom. The highest BCUT2D eigenvalue weighted by Crippen LogP contribution is 2.20. The highest BCUT2D eigenvalue weighted by Gasteiger charge is 2.19. The molecule has 0 saturated heterocycles. The third kappa shape index (κ3) is 5.54. The van der Waals surface area contributed by atoms with E-state index in [2.05, 4.69) is 30.6 Å². The molecule has 0 fully saturated rings. The Morgan fingerprint density at radius 1 is 1.00 bits per heavy atom. The number of rotatable bonds is 9. The first kappa shape index (κ1) is 21.2. The molecule has 2 amide bonds. The van der Waals surface area contributed by atoms with Crippen LogP contribution >= 0.6 is 0 Å². The molecule has 0 aliphatic rings. The largest absolute Gasteiger partial charge is 0.351 e. The molecule has 0 saturated carbocycles. The summed E-state index contributed by atoms with van der Waals surface area (Å²) in [4.78, 5) is 40.5. The fourth-order valence-corrected chi connectivity index (χ4v) is 3.43. The summed E-state index contributed by atoms with van der Waals surface area (Å²) >= 11 is 0. The van der Waals surface area contributed by atoms with Gasteiger partial charge in [-0.2, -0.15) is 0 Å². The minimum absolute atomic E-state index is 0.0971. The van der Waals surface area contributed by atoms with Gasteiger partial charge < -0.3 is 15.6 Å².